The molecule has 0 saturated heterocycles. The number of amides is 2. The monoisotopic (exact) mass is 373 g/mol. The Morgan fingerprint density at radius 3 is 2.12 bits per heavy atom. The van der Waals surface area contributed by atoms with Crippen molar-refractivity contribution in [3.63, 3.8) is 0 Å². The van der Waals surface area contributed by atoms with Crippen molar-refractivity contribution < 1.29 is 19.1 Å². The molecule has 0 bridgehead atoms. The molecule has 2 amide bonds. The predicted molar refractivity (Wildman–Crippen MR) is 104 cm³/mol. The lowest BCUT2D eigenvalue weighted by Crippen LogP contribution is -2.51. The number of carbonyl (C=O) groups excluding carboxylic acids is 2. The quantitative estimate of drug-likeness (QED) is 0.428. The minimum Gasteiger partial charge on any atom is -0.379 e. The summed E-state index contributed by atoms with van der Waals surface area (Å²) in [4.78, 5) is 24.2. The van der Waals surface area contributed by atoms with Crippen LogP contribution in [-0.2, 0) is 19.1 Å². The molecule has 154 valence electrons. The van der Waals surface area contributed by atoms with Crippen LogP contribution in [0.2, 0.25) is 0 Å². The molecule has 7 nitrogen and oxygen atoms in total. The van der Waals surface area contributed by atoms with E-state index >= 15 is 0 Å². The van der Waals surface area contributed by atoms with E-state index in [9.17, 15) is 9.59 Å². The Hall–Kier alpha value is -1.18. The summed E-state index contributed by atoms with van der Waals surface area (Å²) in [7, 11) is 5.05. The average molecular weight is 374 g/mol. The van der Waals surface area contributed by atoms with Gasteiger partial charge in [-0.3, -0.25) is 9.59 Å². The molecular weight excluding hydrogens is 334 g/mol. The van der Waals surface area contributed by atoms with Crippen molar-refractivity contribution in [1.82, 2.24) is 10.6 Å². The van der Waals surface area contributed by atoms with Crippen LogP contribution in [0.3, 0.4) is 0 Å². The molecule has 26 heavy (non-hydrogen) atoms. The fourth-order valence-corrected chi connectivity index (χ4v) is 3.40. The maximum atomic E-state index is 12.7. The van der Waals surface area contributed by atoms with E-state index in [0.29, 0.717) is 12.3 Å². The van der Waals surface area contributed by atoms with Crippen molar-refractivity contribution in [2.24, 2.45) is 17.6 Å². The Balaban J connectivity index is 5.10. The Morgan fingerprint density at radius 2 is 1.73 bits per heavy atom. The zero-order valence-electron chi connectivity index (χ0n) is 17.5. The Labute approximate surface area is 158 Å². The van der Waals surface area contributed by atoms with Gasteiger partial charge in [-0.15, -0.1) is 0 Å². The second kappa shape index (κ2) is 13.1. The van der Waals surface area contributed by atoms with Gasteiger partial charge >= 0.3 is 0 Å². The summed E-state index contributed by atoms with van der Waals surface area (Å²) in [6.07, 6.45) is 2.12. The normalized spacial score (nSPS) is 18.4. The van der Waals surface area contributed by atoms with Gasteiger partial charge < -0.3 is 25.8 Å². The minimum atomic E-state index is -0.486. The molecule has 0 aromatic carbocycles. The van der Waals surface area contributed by atoms with Gasteiger partial charge in [0, 0.05) is 20.3 Å². The Morgan fingerprint density at radius 1 is 1.12 bits per heavy atom. The lowest BCUT2D eigenvalue weighted by atomic mass is 9.91. The Bertz CT molecular complexity index is 420. The second-order valence-electron chi connectivity index (χ2n) is 7.03. The van der Waals surface area contributed by atoms with E-state index < -0.39 is 17.9 Å². The second-order valence-corrected chi connectivity index (χ2v) is 7.03. The van der Waals surface area contributed by atoms with Crippen LogP contribution < -0.4 is 16.4 Å². The van der Waals surface area contributed by atoms with Crippen LogP contribution in [0.15, 0.2) is 0 Å². The molecular formula is C19H39N3O4. The predicted octanol–water partition coefficient (Wildman–Crippen LogP) is 1.45. The minimum absolute atomic E-state index is 0.0862. The van der Waals surface area contributed by atoms with Crippen molar-refractivity contribution in [3.8, 4) is 0 Å². The fourth-order valence-electron chi connectivity index (χ4n) is 3.40. The number of ether oxygens (including phenoxy) is 2. The van der Waals surface area contributed by atoms with Gasteiger partial charge in [0.2, 0.25) is 11.8 Å². The van der Waals surface area contributed by atoms with Gasteiger partial charge in [0.25, 0.3) is 0 Å². The average Bonchev–Trinajstić information content (AvgIpc) is 2.61. The van der Waals surface area contributed by atoms with E-state index in [4.69, 9.17) is 15.2 Å². The smallest absolute Gasteiger partial charge is 0.222 e. The number of carbonyl (C=O) groups is 2. The number of primary amides is 1. The summed E-state index contributed by atoms with van der Waals surface area (Å²) in [6, 6.07) is -0.183. The van der Waals surface area contributed by atoms with Gasteiger partial charge in [-0.05, 0) is 19.4 Å². The zero-order chi connectivity index (χ0) is 20.3. The van der Waals surface area contributed by atoms with E-state index in [-0.39, 0.29) is 30.5 Å². The molecule has 0 saturated carbocycles. The van der Waals surface area contributed by atoms with Crippen molar-refractivity contribution in [1.29, 1.82) is 0 Å². The SMILES string of the molecule is CCC[C@H](NC(=O)CC(OC)[C@@H](NC)C(C)CC)C(OC)[C@@H](C)C(N)=O. The fraction of sp³-hybridized carbons (Fsp3) is 0.895. The third-order valence-electron chi connectivity index (χ3n) is 5.24. The highest BCUT2D eigenvalue weighted by molar-refractivity contribution is 5.78. The zero-order valence-corrected chi connectivity index (χ0v) is 17.5. The van der Waals surface area contributed by atoms with Gasteiger partial charge in [-0.2, -0.15) is 0 Å². The van der Waals surface area contributed by atoms with Crippen LogP contribution in [0.1, 0.15) is 53.4 Å². The molecule has 0 rings (SSSR count). The van der Waals surface area contributed by atoms with Crippen LogP contribution in [0.25, 0.3) is 0 Å². The standard InChI is InChI=1S/C19H39N3O4/c1-8-10-14(18(26-7)13(4)19(20)24)22-16(23)11-15(25-6)17(21-5)12(3)9-2/h12-15,17-18,21H,8-11H2,1-7H3,(H2,20,24)(H,22,23)/t12?,13-,14+,15?,17+,18?/m1/s1. The maximum Gasteiger partial charge on any atom is 0.222 e. The summed E-state index contributed by atoms with van der Waals surface area (Å²) >= 11 is 0. The third-order valence-corrected chi connectivity index (χ3v) is 5.24. The number of likely N-dealkylation sites (N-methyl/N-ethyl adjacent to an activating group) is 1. The molecule has 0 aliphatic heterocycles. The van der Waals surface area contributed by atoms with Crippen molar-refractivity contribution in [2.45, 2.75) is 77.7 Å². The van der Waals surface area contributed by atoms with Crippen molar-refractivity contribution in [2.75, 3.05) is 21.3 Å². The van der Waals surface area contributed by atoms with Crippen LogP contribution in [0.5, 0.6) is 0 Å². The van der Waals surface area contributed by atoms with E-state index in [1.165, 1.54) is 7.11 Å². The molecule has 0 aromatic rings. The molecule has 0 heterocycles. The first kappa shape index (κ1) is 24.8. The van der Waals surface area contributed by atoms with E-state index in [1.54, 1.807) is 14.0 Å². The molecule has 0 radical (unpaired) electrons. The summed E-state index contributed by atoms with van der Waals surface area (Å²) in [5.74, 6) is -0.655. The van der Waals surface area contributed by atoms with E-state index in [2.05, 4.69) is 24.5 Å². The highest BCUT2D eigenvalue weighted by Crippen LogP contribution is 2.18. The number of methoxy groups -OCH3 is 2. The lowest BCUT2D eigenvalue weighted by molar-refractivity contribution is -0.131. The van der Waals surface area contributed by atoms with Gasteiger partial charge in [-0.25, -0.2) is 0 Å². The number of hydrogen-bond donors (Lipinski definition) is 3. The number of hydrogen-bond acceptors (Lipinski definition) is 5. The molecule has 0 fully saturated rings. The summed E-state index contributed by atoms with van der Waals surface area (Å²) in [6.45, 7) is 8.01. The molecule has 0 spiro atoms. The maximum absolute atomic E-state index is 12.7. The molecule has 6 atom stereocenters. The molecule has 0 aliphatic carbocycles. The topological polar surface area (TPSA) is 103 Å². The van der Waals surface area contributed by atoms with Crippen molar-refractivity contribution in [3.05, 3.63) is 0 Å². The molecule has 4 N–H and O–H groups in total. The molecule has 7 heteroatoms. The van der Waals surface area contributed by atoms with Gasteiger partial charge in [0.05, 0.1) is 30.6 Å². The first-order valence-corrected chi connectivity index (χ1v) is 9.58. The number of nitrogens with two attached hydrogens (primary N) is 1. The number of rotatable bonds is 14. The van der Waals surface area contributed by atoms with Crippen LogP contribution in [0.4, 0.5) is 0 Å². The summed E-state index contributed by atoms with van der Waals surface area (Å²) in [5, 5.41) is 6.29. The van der Waals surface area contributed by atoms with E-state index in [0.717, 1.165) is 12.8 Å². The van der Waals surface area contributed by atoms with Gasteiger partial charge in [0.15, 0.2) is 0 Å². The third kappa shape index (κ3) is 7.60. The summed E-state index contributed by atoms with van der Waals surface area (Å²) < 4.78 is 11.1. The molecule has 3 unspecified atom stereocenters. The highest BCUT2D eigenvalue weighted by atomic mass is 16.5. The highest BCUT2D eigenvalue weighted by Gasteiger charge is 2.32. The van der Waals surface area contributed by atoms with Gasteiger partial charge in [-0.1, -0.05) is 40.5 Å². The van der Waals surface area contributed by atoms with Gasteiger partial charge in [0.1, 0.15) is 0 Å². The Kier molecular flexibility index (Phi) is 12.5. The van der Waals surface area contributed by atoms with Crippen LogP contribution >= 0.6 is 0 Å². The van der Waals surface area contributed by atoms with Crippen molar-refractivity contribution >= 4 is 11.8 Å². The first-order valence-electron chi connectivity index (χ1n) is 9.58. The summed E-state index contributed by atoms with van der Waals surface area (Å²) in [5.41, 5.74) is 5.43. The first-order chi connectivity index (χ1) is 12.3. The van der Waals surface area contributed by atoms with Crippen LogP contribution in [0, 0.1) is 11.8 Å². The molecule has 0 aromatic heterocycles. The number of nitrogens with one attached hydrogen (secondary N) is 2. The lowest BCUT2D eigenvalue weighted by Gasteiger charge is -2.32. The largest absolute Gasteiger partial charge is 0.379 e. The van der Waals surface area contributed by atoms with E-state index in [1.807, 2.05) is 14.0 Å². The van der Waals surface area contributed by atoms with Crippen LogP contribution in [-0.4, -0.2) is 57.4 Å². The molecule has 0 aliphatic rings.